The molecule has 1 aromatic carbocycles. The van der Waals surface area contributed by atoms with Gasteiger partial charge in [0.1, 0.15) is 12.7 Å². The lowest BCUT2D eigenvalue weighted by Gasteiger charge is -2.14. The standard InChI is InChI=1S/C14H18N4O/c1-3-12(4-2)17-14(19)11-5-7-13(8-6-11)18-10-15-9-16-18/h5-10,12H,3-4H2,1-2H3,(H,17,19). The lowest BCUT2D eigenvalue weighted by molar-refractivity contribution is 0.0935. The van der Waals surface area contributed by atoms with Gasteiger partial charge in [-0.15, -0.1) is 0 Å². The molecule has 1 heterocycles. The Hall–Kier alpha value is -2.17. The van der Waals surface area contributed by atoms with E-state index in [2.05, 4.69) is 29.2 Å². The van der Waals surface area contributed by atoms with Crippen molar-refractivity contribution in [3.05, 3.63) is 42.5 Å². The third-order valence-electron chi connectivity index (χ3n) is 3.13. The first-order valence-electron chi connectivity index (χ1n) is 6.50. The van der Waals surface area contributed by atoms with Gasteiger partial charge in [-0.2, -0.15) is 5.10 Å². The van der Waals surface area contributed by atoms with Crippen molar-refractivity contribution in [1.29, 1.82) is 0 Å². The van der Waals surface area contributed by atoms with Crippen LogP contribution in [0.15, 0.2) is 36.9 Å². The van der Waals surface area contributed by atoms with Gasteiger partial charge in [0.2, 0.25) is 0 Å². The molecule has 0 aliphatic carbocycles. The molecule has 2 aromatic rings. The Morgan fingerprint density at radius 2 is 1.95 bits per heavy atom. The maximum absolute atomic E-state index is 12.0. The van der Waals surface area contributed by atoms with E-state index in [0.717, 1.165) is 18.5 Å². The molecule has 0 saturated carbocycles. The lowest BCUT2D eigenvalue weighted by atomic mass is 10.1. The maximum atomic E-state index is 12.0. The van der Waals surface area contributed by atoms with Gasteiger partial charge >= 0.3 is 0 Å². The van der Waals surface area contributed by atoms with Crippen LogP contribution in [0.25, 0.3) is 5.69 Å². The highest BCUT2D eigenvalue weighted by Crippen LogP contribution is 2.09. The Kier molecular flexibility index (Phi) is 4.28. The van der Waals surface area contributed by atoms with Gasteiger partial charge in [0.05, 0.1) is 5.69 Å². The van der Waals surface area contributed by atoms with E-state index in [9.17, 15) is 4.79 Å². The zero-order valence-electron chi connectivity index (χ0n) is 11.2. The summed E-state index contributed by atoms with van der Waals surface area (Å²) in [4.78, 5) is 15.9. The Morgan fingerprint density at radius 1 is 1.26 bits per heavy atom. The number of carbonyl (C=O) groups is 1. The Balaban J connectivity index is 2.08. The van der Waals surface area contributed by atoms with Crippen LogP contribution in [0, 0.1) is 0 Å². The van der Waals surface area contributed by atoms with Crippen LogP contribution >= 0.6 is 0 Å². The summed E-state index contributed by atoms with van der Waals surface area (Å²) in [6.45, 7) is 4.14. The molecule has 0 aliphatic heterocycles. The first-order valence-corrected chi connectivity index (χ1v) is 6.50. The number of hydrogen-bond donors (Lipinski definition) is 1. The predicted molar refractivity (Wildman–Crippen MR) is 73.2 cm³/mol. The van der Waals surface area contributed by atoms with Crippen molar-refractivity contribution >= 4 is 5.91 Å². The Labute approximate surface area is 112 Å². The van der Waals surface area contributed by atoms with Gasteiger partial charge in [0.25, 0.3) is 5.91 Å². The summed E-state index contributed by atoms with van der Waals surface area (Å²) in [6.07, 6.45) is 4.99. The van der Waals surface area contributed by atoms with Crippen LogP contribution in [0.3, 0.4) is 0 Å². The van der Waals surface area contributed by atoms with Gasteiger partial charge < -0.3 is 5.32 Å². The van der Waals surface area contributed by atoms with Gasteiger partial charge in [-0.1, -0.05) is 13.8 Å². The molecule has 0 atom stereocenters. The topological polar surface area (TPSA) is 59.8 Å². The quantitative estimate of drug-likeness (QED) is 0.894. The number of aromatic nitrogens is 3. The monoisotopic (exact) mass is 258 g/mol. The fraction of sp³-hybridized carbons (Fsp3) is 0.357. The van der Waals surface area contributed by atoms with Crippen molar-refractivity contribution in [3.63, 3.8) is 0 Å². The molecule has 5 heteroatoms. The van der Waals surface area contributed by atoms with Crippen LogP contribution in [0.4, 0.5) is 0 Å². The third kappa shape index (κ3) is 3.19. The number of rotatable bonds is 5. The van der Waals surface area contributed by atoms with E-state index >= 15 is 0 Å². The average Bonchev–Trinajstić information content (AvgIpc) is 2.99. The summed E-state index contributed by atoms with van der Waals surface area (Å²) >= 11 is 0. The van der Waals surface area contributed by atoms with Gasteiger partial charge in [0.15, 0.2) is 0 Å². The fourth-order valence-electron chi connectivity index (χ4n) is 1.87. The number of nitrogens with zero attached hydrogens (tertiary/aromatic N) is 3. The first-order chi connectivity index (χ1) is 9.24. The first kappa shape index (κ1) is 13.3. The summed E-state index contributed by atoms with van der Waals surface area (Å²) in [7, 11) is 0. The predicted octanol–water partition coefficient (Wildman–Crippen LogP) is 2.19. The summed E-state index contributed by atoms with van der Waals surface area (Å²) < 4.78 is 1.66. The molecule has 100 valence electrons. The van der Waals surface area contributed by atoms with Crippen LogP contribution in [-0.4, -0.2) is 26.7 Å². The van der Waals surface area contributed by atoms with E-state index in [-0.39, 0.29) is 11.9 Å². The second-order valence-electron chi connectivity index (χ2n) is 4.37. The second kappa shape index (κ2) is 6.13. The van der Waals surface area contributed by atoms with Crippen LogP contribution < -0.4 is 5.32 Å². The van der Waals surface area contributed by atoms with E-state index < -0.39 is 0 Å². The van der Waals surface area contributed by atoms with E-state index in [1.807, 2.05) is 12.1 Å². The van der Waals surface area contributed by atoms with Crippen molar-refractivity contribution in [2.75, 3.05) is 0 Å². The van der Waals surface area contributed by atoms with Gasteiger partial charge in [-0.05, 0) is 37.1 Å². The van der Waals surface area contributed by atoms with Gasteiger partial charge in [-0.3, -0.25) is 4.79 Å². The number of carbonyl (C=O) groups excluding carboxylic acids is 1. The van der Waals surface area contributed by atoms with Crippen molar-refractivity contribution in [2.24, 2.45) is 0 Å². The summed E-state index contributed by atoms with van der Waals surface area (Å²) in [5.41, 5.74) is 1.55. The van der Waals surface area contributed by atoms with Crippen LogP contribution in [0.5, 0.6) is 0 Å². The molecule has 0 fully saturated rings. The van der Waals surface area contributed by atoms with Crippen molar-refractivity contribution in [1.82, 2.24) is 20.1 Å². The van der Waals surface area contributed by atoms with Gasteiger partial charge in [-0.25, -0.2) is 9.67 Å². The molecule has 0 aliphatic rings. The third-order valence-corrected chi connectivity index (χ3v) is 3.13. The van der Waals surface area contributed by atoms with Crippen LogP contribution in [0.1, 0.15) is 37.0 Å². The number of nitrogens with one attached hydrogen (secondary N) is 1. The minimum Gasteiger partial charge on any atom is -0.349 e. The fourth-order valence-corrected chi connectivity index (χ4v) is 1.87. The second-order valence-corrected chi connectivity index (χ2v) is 4.37. The molecule has 1 aromatic heterocycles. The summed E-state index contributed by atoms with van der Waals surface area (Å²) in [5, 5.41) is 7.05. The van der Waals surface area contributed by atoms with Crippen molar-refractivity contribution < 1.29 is 4.79 Å². The summed E-state index contributed by atoms with van der Waals surface area (Å²) in [5.74, 6) is -0.0289. The zero-order valence-corrected chi connectivity index (χ0v) is 11.2. The highest BCUT2D eigenvalue weighted by atomic mass is 16.1. The molecule has 1 N–H and O–H groups in total. The Morgan fingerprint density at radius 3 is 2.47 bits per heavy atom. The minimum atomic E-state index is -0.0289. The molecule has 0 bridgehead atoms. The van der Waals surface area contributed by atoms with E-state index in [1.165, 1.54) is 6.33 Å². The lowest BCUT2D eigenvalue weighted by Crippen LogP contribution is -2.33. The molecule has 0 saturated heterocycles. The van der Waals surface area contributed by atoms with E-state index in [0.29, 0.717) is 5.56 Å². The molecule has 19 heavy (non-hydrogen) atoms. The SMILES string of the molecule is CCC(CC)NC(=O)c1ccc(-n2cncn2)cc1. The number of hydrogen-bond acceptors (Lipinski definition) is 3. The van der Waals surface area contributed by atoms with Crippen molar-refractivity contribution in [3.8, 4) is 5.69 Å². The van der Waals surface area contributed by atoms with Gasteiger partial charge in [0, 0.05) is 11.6 Å². The van der Waals surface area contributed by atoms with Crippen LogP contribution in [-0.2, 0) is 0 Å². The zero-order chi connectivity index (χ0) is 13.7. The molecule has 5 nitrogen and oxygen atoms in total. The number of benzene rings is 1. The highest BCUT2D eigenvalue weighted by Gasteiger charge is 2.10. The van der Waals surface area contributed by atoms with Crippen molar-refractivity contribution in [2.45, 2.75) is 32.7 Å². The highest BCUT2D eigenvalue weighted by molar-refractivity contribution is 5.94. The molecular weight excluding hydrogens is 240 g/mol. The minimum absolute atomic E-state index is 0.0289. The average molecular weight is 258 g/mol. The molecule has 0 spiro atoms. The maximum Gasteiger partial charge on any atom is 0.251 e. The smallest absolute Gasteiger partial charge is 0.251 e. The molecule has 0 radical (unpaired) electrons. The van der Waals surface area contributed by atoms with Crippen LogP contribution in [0.2, 0.25) is 0 Å². The molecule has 1 amide bonds. The molecule has 0 unspecified atom stereocenters. The van der Waals surface area contributed by atoms with E-state index in [4.69, 9.17) is 0 Å². The van der Waals surface area contributed by atoms with E-state index in [1.54, 1.807) is 23.1 Å². The normalized spacial score (nSPS) is 10.7. The summed E-state index contributed by atoms with van der Waals surface area (Å²) in [6, 6.07) is 7.55. The largest absolute Gasteiger partial charge is 0.349 e. The molecular formula is C14H18N4O. The molecule has 2 rings (SSSR count). The Bertz CT molecular complexity index is 515. The number of amides is 1.